The van der Waals surface area contributed by atoms with Crippen molar-refractivity contribution in [3.8, 4) is 0 Å². The number of hydrogen-bond acceptors (Lipinski definition) is 3. The molecule has 1 aliphatic rings. The first-order chi connectivity index (χ1) is 15.2. The lowest BCUT2D eigenvalue weighted by Crippen LogP contribution is -2.29. The van der Waals surface area contributed by atoms with Crippen LogP contribution in [0.25, 0.3) is 0 Å². The third kappa shape index (κ3) is 13.0. The maximum atomic E-state index is 14.2. The number of rotatable bonds is 9. The molecule has 1 aliphatic heterocycles. The van der Waals surface area contributed by atoms with Gasteiger partial charge in [0.25, 0.3) is 0 Å². The fraction of sp³-hybridized carbons (Fsp3) is 0.704. The first-order valence-corrected chi connectivity index (χ1v) is 12.1. The zero-order valence-electron chi connectivity index (χ0n) is 22.2. The van der Waals surface area contributed by atoms with Gasteiger partial charge in [-0.2, -0.15) is 0 Å². The van der Waals surface area contributed by atoms with Gasteiger partial charge in [0.2, 0.25) is 0 Å². The van der Waals surface area contributed by atoms with Crippen LogP contribution in [-0.4, -0.2) is 26.4 Å². The molecule has 0 radical (unpaired) electrons. The molecule has 1 rings (SSSR count). The molecule has 1 fully saturated rings. The summed E-state index contributed by atoms with van der Waals surface area (Å²) in [5.41, 5.74) is 0.859. The van der Waals surface area contributed by atoms with Gasteiger partial charge in [-0.1, -0.05) is 60.5 Å². The van der Waals surface area contributed by atoms with Crippen molar-refractivity contribution in [1.29, 1.82) is 0 Å². The Balaban J connectivity index is 0. The Morgan fingerprint density at radius 1 is 0.969 bits per heavy atom. The summed E-state index contributed by atoms with van der Waals surface area (Å²) in [5, 5.41) is 0. The monoisotopic (exact) mass is 458 g/mol. The van der Waals surface area contributed by atoms with E-state index in [1.165, 1.54) is 26.9 Å². The van der Waals surface area contributed by atoms with Crippen molar-refractivity contribution >= 4 is 0 Å². The Morgan fingerprint density at radius 3 is 2.00 bits per heavy atom. The van der Waals surface area contributed by atoms with E-state index in [0.29, 0.717) is 18.1 Å². The minimum Gasteiger partial charge on any atom is -0.498 e. The van der Waals surface area contributed by atoms with Gasteiger partial charge in [-0.3, -0.25) is 0 Å². The molecule has 0 aromatic carbocycles. The van der Waals surface area contributed by atoms with E-state index in [9.17, 15) is 8.78 Å². The highest BCUT2D eigenvalue weighted by molar-refractivity contribution is 5.39. The van der Waals surface area contributed by atoms with Gasteiger partial charge in [-0.25, -0.2) is 8.78 Å². The molecule has 0 aromatic heterocycles. The van der Waals surface area contributed by atoms with Crippen LogP contribution >= 0.6 is 0 Å². The number of hydrogen-bond donors (Lipinski definition) is 0. The van der Waals surface area contributed by atoms with Crippen molar-refractivity contribution in [2.75, 3.05) is 20.3 Å². The van der Waals surface area contributed by atoms with Crippen LogP contribution < -0.4 is 0 Å². The first kappa shape index (κ1) is 32.6. The van der Waals surface area contributed by atoms with Crippen molar-refractivity contribution in [2.45, 2.75) is 101 Å². The van der Waals surface area contributed by atoms with Gasteiger partial charge in [0.15, 0.2) is 11.7 Å². The zero-order valence-corrected chi connectivity index (χ0v) is 22.2. The summed E-state index contributed by atoms with van der Waals surface area (Å²) < 4.78 is 44.5. The van der Waals surface area contributed by atoms with E-state index in [0.717, 1.165) is 31.6 Å². The molecule has 0 amide bonds. The second-order valence-electron chi connectivity index (χ2n) is 7.67. The van der Waals surface area contributed by atoms with E-state index in [2.05, 4.69) is 20.8 Å². The topological polar surface area (TPSA) is 27.7 Å². The van der Waals surface area contributed by atoms with Gasteiger partial charge < -0.3 is 14.2 Å². The van der Waals surface area contributed by atoms with Crippen molar-refractivity contribution < 1.29 is 23.0 Å². The molecule has 0 bridgehead atoms. The first-order valence-electron chi connectivity index (χ1n) is 12.1. The molecule has 0 saturated carbocycles. The standard InChI is InChI=1S/C22H34F2O3.C3H8.C2H6/c1-7-18-10-12-20(26-13-18)14-27-19(8-2)11-9-15(3)16(4)21(23)22(24)17(5)25-6;1-3-2;1-2/h9,11,18,20H,7-8,10,12-14H2,1-6H3;3H2,1-2H3;1-2H3/b15-9+,19-11+,21-16-,22-17-;;. The van der Waals surface area contributed by atoms with Crippen LogP contribution in [0.2, 0.25) is 0 Å². The second kappa shape index (κ2) is 20.0. The summed E-state index contributed by atoms with van der Waals surface area (Å²) in [4.78, 5) is 0. The molecule has 32 heavy (non-hydrogen) atoms. The fourth-order valence-corrected chi connectivity index (χ4v) is 2.71. The zero-order chi connectivity index (χ0) is 25.1. The number of allylic oxidation sites excluding steroid dienone is 8. The molecule has 0 N–H and O–H groups in total. The Labute approximate surface area is 196 Å². The summed E-state index contributed by atoms with van der Waals surface area (Å²) >= 11 is 0. The number of methoxy groups -OCH3 is 1. The van der Waals surface area contributed by atoms with E-state index < -0.39 is 11.7 Å². The van der Waals surface area contributed by atoms with E-state index in [1.807, 2.05) is 26.8 Å². The Hall–Kier alpha value is -1.62. The molecule has 0 aliphatic carbocycles. The second-order valence-corrected chi connectivity index (χ2v) is 7.67. The molecule has 0 spiro atoms. The molecule has 1 saturated heterocycles. The van der Waals surface area contributed by atoms with Crippen LogP contribution in [0, 0.1) is 5.92 Å². The molecule has 1 heterocycles. The quantitative estimate of drug-likeness (QED) is 0.255. The largest absolute Gasteiger partial charge is 0.498 e. The highest BCUT2D eigenvalue weighted by Crippen LogP contribution is 2.26. The highest BCUT2D eigenvalue weighted by atomic mass is 19.2. The maximum absolute atomic E-state index is 14.2. The van der Waals surface area contributed by atoms with Crippen LogP contribution in [0.15, 0.2) is 46.5 Å². The molecular weight excluding hydrogens is 410 g/mol. The van der Waals surface area contributed by atoms with Gasteiger partial charge in [0, 0.05) is 13.0 Å². The highest BCUT2D eigenvalue weighted by Gasteiger charge is 2.21. The van der Waals surface area contributed by atoms with Crippen molar-refractivity contribution in [3.05, 3.63) is 46.5 Å². The maximum Gasteiger partial charge on any atom is 0.196 e. The Morgan fingerprint density at radius 2 is 1.56 bits per heavy atom. The fourth-order valence-electron chi connectivity index (χ4n) is 2.71. The van der Waals surface area contributed by atoms with Crippen molar-refractivity contribution in [3.63, 3.8) is 0 Å². The van der Waals surface area contributed by atoms with Crippen molar-refractivity contribution in [1.82, 2.24) is 0 Å². The van der Waals surface area contributed by atoms with Crippen LogP contribution in [-0.2, 0) is 14.2 Å². The van der Waals surface area contributed by atoms with E-state index in [4.69, 9.17) is 14.2 Å². The number of ether oxygens (including phenoxy) is 3. The summed E-state index contributed by atoms with van der Waals surface area (Å²) in [5.74, 6) is -0.498. The third-order valence-electron chi connectivity index (χ3n) is 5.09. The molecule has 3 nitrogen and oxygen atoms in total. The smallest absolute Gasteiger partial charge is 0.196 e. The van der Waals surface area contributed by atoms with Gasteiger partial charge >= 0.3 is 0 Å². The SMILES string of the molecule is CC.CCC.CC\C(=C/C=C(C)/C(C)=C(F)/C(F)=C(\C)OC)OCC1CCC(CC)CO1. The summed E-state index contributed by atoms with van der Waals surface area (Å²) in [6, 6.07) is 0. The summed E-state index contributed by atoms with van der Waals surface area (Å²) in [6.07, 6.45) is 9.01. The van der Waals surface area contributed by atoms with E-state index in [1.54, 1.807) is 19.9 Å². The lowest BCUT2D eigenvalue weighted by molar-refractivity contribution is -0.0503. The molecule has 0 aromatic rings. The molecule has 2 unspecified atom stereocenters. The van der Waals surface area contributed by atoms with E-state index in [-0.39, 0.29) is 17.4 Å². The number of halogens is 2. The van der Waals surface area contributed by atoms with Crippen LogP contribution in [0.5, 0.6) is 0 Å². The molecule has 188 valence electrons. The Kier molecular flexibility index (Phi) is 20.4. The van der Waals surface area contributed by atoms with Gasteiger partial charge in [0.1, 0.15) is 12.4 Å². The predicted octanol–water partition coefficient (Wildman–Crippen LogP) is 8.98. The molecule has 2 atom stereocenters. The Bertz CT molecular complexity index is 610. The third-order valence-corrected chi connectivity index (χ3v) is 5.09. The van der Waals surface area contributed by atoms with Gasteiger partial charge in [0.05, 0.1) is 19.0 Å². The minimum absolute atomic E-state index is 0.0782. The predicted molar refractivity (Wildman–Crippen MR) is 133 cm³/mol. The molecule has 5 heteroatoms. The van der Waals surface area contributed by atoms with Gasteiger partial charge in [-0.05, 0) is 56.8 Å². The van der Waals surface area contributed by atoms with Crippen molar-refractivity contribution in [2.24, 2.45) is 5.92 Å². The summed E-state index contributed by atoms with van der Waals surface area (Å²) in [6.45, 7) is 18.4. The van der Waals surface area contributed by atoms with Crippen LogP contribution in [0.1, 0.15) is 94.4 Å². The minimum atomic E-state index is -0.974. The summed E-state index contributed by atoms with van der Waals surface area (Å²) in [7, 11) is 1.31. The lowest BCUT2D eigenvalue weighted by atomic mass is 9.96. The molecular formula is C27H48F2O3. The normalized spacial score (nSPS) is 20.6. The van der Waals surface area contributed by atoms with Crippen LogP contribution in [0.3, 0.4) is 0 Å². The average molecular weight is 459 g/mol. The van der Waals surface area contributed by atoms with Crippen LogP contribution in [0.4, 0.5) is 8.78 Å². The lowest BCUT2D eigenvalue weighted by Gasteiger charge is -2.28. The average Bonchev–Trinajstić information content (AvgIpc) is 2.84. The van der Waals surface area contributed by atoms with E-state index >= 15 is 0 Å². The van der Waals surface area contributed by atoms with Gasteiger partial charge in [-0.15, -0.1) is 0 Å².